The Bertz CT molecular complexity index is 4970. The van der Waals surface area contributed by atoms with E-state index >= 15 is 0 Å². The third-order valence-corrected chi connectivity index (χ3v) is 16.4. The molecule has 0 atom stereocenters. The zero-order valence-electron chi connectivity index (χ0n) is 43.2. The lowest BCUT2D eigenvalue weighted by atomic mass is 10.0. The molecule has 4 heterocycles. The molecule has 6 nitrogen and oxygen atoms in total. The highest BCUT2D eigenvalue weighted by Gasteiger charge is 2.22. The summed E-state index contributed by atoms with van der Waals surface area (Å²) in [6.07, 6.45) is 0. The average Bonchev–Trinajstić information content (AvgIpc) is 4.47. The Morgan fingerprint density at radius 3 is 1.01 bits per heavy atom. The Hall–Kier alpha value is -10.8. The van der Waals surface area contributed by atoms with Crippen molar-refractivity contribution in [2.45, 2.75) is 0 Å². The van der Waals surface area contributed by atoms with E-state index in [1.165, 1.54) is 32.6 Å². The Morgan fingerprint density at radius 2 is 0.575 bits per heavy atom. The number of hydrogen-bond acceptors (Lipinski definition) is 4. The molecule has 0 radical (unpaired) electrons. The first-order chi connectivity index (χ1) is 39.6. The van der Waals surface area contributed by atoms with Crippen LogP contribution in [0.5, 0.6) is 0 Å². The standard InChI is InChI=1S/C74H46N4O2/c1-5-17-51(18-6-1)75(57-33-35-61-59-25-13-15-27-67(59)77(69(61)45-57)53-21-9-3-10-22-53)55-31-29-47-41-65-63-37-38-64-66-42-48-30-32-56(40-50(48)44-72(66)80-74(64)73(63)79-71(65)43-49(47)39-55)76(52-19-7-2-8-20-52)58-34-36-62-60-26-14-16-28-68(60)78(70(62)46-58)54-23-11-4-12-24-54/h1-46H. The molecule has 0 spiro atoms. The summed E-state index contributed by atoms with van der Waals surface area (Å²) < 4.78 is 18.6. The van der Waals surface area contributed by atoms with Crippen LogP contribution >= 0.6 is 0 Å². The summed E-state index contributed by atoms with van der Waals surface area (Å²) in [4.78, 5) is 4.70. The van der Waals surface area contributed by atoms with Crippen molar-refractivity contribution in [3.05, 3.63) is 279 Å². The lowest BCUT2D eigenvalue weighted by Crippen LogP contribution is -2.10. The highest BCUT2D eigenvalue weighted by molar-refractivity contribution is 6.22. The van der Waals surface area contributed by atoms with Crippen LogP contribution in [-0.2, 0) is 0 Å². The lowest BCUT2D eigenvalue weighted by Gasteiger charge is -2.26. The van der Waals surface area contributed by atoms with Crippen molar-refractivity contribution in [3.63, 3.8) is 0 Å². The molecule has 0 bridgehead atoms. The molecule has 374 valence electrons. The molecule has 13 aromatic carbocycles. The molecule has 0 saturated carbocycles. The molecular formula is C74H46N4O2. The minimum atomic E-state index is 0.751. The van der Waals surface area contributed by atoms with Crippen LogP contribution in [0.4, 0.5) is 34.1 Å². The van der Waals surface area contributed by atoms with Gasteiger partial charge in [0.25, 0.3) is 0 Å². The van der Waals surface area contributed by atoms with Crippen LogP contribution in [0.3, 0.4) is 0 Å². The first kappa shape index (κ1) is 44.3. The van der Waals surface area contributed by atoms with E-state index in [0.717, 1.165) is 122 Å². The molecule has 0 saturated heterocycles. The predicted octanol–water partition coefficient (Wildman–Crippen LogP) is 20.9. The van der Waals surface area contributed by atoms with Gasteiger partial charge in [0.2, 0.25) is 0 Å². The summed E-state index contributed by atoms with van der Waals surface area (Å²) in [6.45, 7) is 0. The molecule has 0 aliphatic carbocycles. The van der Waals surface area contributed by atoms with Gasteiger partial charge in [-0.15, -0.1) is 0 Å². The maximum atomic E-state index is 6.92. The van der Waals surface area contributed by atoms with E-state index in [4.69, 9.17) is 8.83 Å². The molecule has 0 aliphatic heterocycles. The summed E-state index contributed by atoms with van der Waals surface area (Å²) in [5, 5.41) is 13.5. The lowest BCUT2D eigenvalue weighted by molar-refractivity contribution is 0.634. The fourth-order valence-corrected chi connectivity index (χ4v) is 12.8. The summed E-state index contributed by atoms with van der Waals surface area (Å²) in [5.74, 6) is 0. The average molecular weight is 1020 g/mol. The van der Waals surface area contributed by atoms with Gasteiger partial charge < -0.3 is 27.8 Å². The van der Waals surface area contributed by atoms with E-state index in [2.05, 4.69) is 298 Å². The molecular weight excluding hydrogens is 977 g/mol. The summed E-state index contributed by atoms with van der Waals surface area (Å²) in [6, 6.07) is 100. The fourth-order valence-electron chi connectivity index (χ4n) is 12.8. The van der Waals surface area contributed by atoms with Crippen molar-refractivity contribution in [1.82, 2.24) is 9.13 Å². The number of rotatable bonds is 8. The molecule has 17 rings (SSSR count). The molecule has 4 aromatic heterocycles. The van der Waals surface area contributed by atoms with Gasteiger partial charge in [0.05, 0.1) is 22.1 Å². The minimum absolute atomic E-state index is 0.751. The summed E-state index contributed by atoms with van der Waals surface area (Å²) >= 11 is 0. The summed E-state index contributed by atoms with van der Waals surface area (Å²) in [7, 11) is 0. The smallest absolute Gasteiger partial charge is 0.178 e. The second kappa shape index (κ2) is 17.3. The maximum Gasteiger partial charge on any atom is 0.178 e. The van der Waals surface area contributed by atoms with Crippen LogP contribution in [0.1, 0.15) is 0 Å². The molecule has 0 unspecified atom stereocenters. The van der Waals surface area contributed by atoms with Crippen molar-refractivity contribution in [3.8, 4) is 11.4 Å². The quantitative estimate of drug-likeness (QED) is 0.152. The highest BCUT2D eigenvalue weighted by atomic mass is 16.4. The number of fused-ring (bicyclic) bond motifs is 15. The number of furan rings is 2. The van der Waals surface area contributed by atoms with E-state index in [0.29, 0.717) is 0 Å². The van der Waals surface area contributed by atoms with Gasteiger partial charge in [-0.05, 0) is 167 Å². The molecule has 80 heavy (non-hydrogen) atoms. The van der Waals surface area contributed by atoms with Crippen LogP contribution in [0.25, 0.3) is 120 Å². The second-order valence-corrected chi connectivity index (χ2v) is 20.9. The first-order valence-corrected chi connectivity index (χ1v) is 27.2. The Labute approximate surface area is 459 Å². The predicted molar refractivity (Wildman–Crippen MR) is 334 cm³/mol. The van der Waals surface area contributed by atoms with Gasteiger partial charge in [-0.3, -0.25) is 0 Å². The van der Waals surface area contributed by atoms with E-state index in [9.17, 15) is 0 Å². The number of benzene rings is 13. The third kappa shape index (κ3) is 6.79. The van der Waals surface area contributed by atoms with Crippen LogP contribution in [0, 0.1) is 0 Å². The number of nitrogens with zero attached hydrogens (tertiary/aromatic N) is 4. The maximum absolute atomic E-state index is 6.92. The monoisotopic (exact) mass is 1020 g/mol. The second-order valence-electron chi connectivity index (χ2n) is 20.9. The van der Waals surface area contributed by atoms with Gasteiger partial charge in [-0.25, -0.2) is 0 Å². The number of anilines is 6. The normalized spacial score (nSPS) is 12.0. The van der Waals surface area contributed by atoms with Gasteiger partial charge in [0, 0.05) is 88.6 Å². The van der Waals surface area contributed by atoms with Crippen LogP contribution in [0.15, 0.2) is 288 Å². The van der Waals surface area contributed by atoms with Gasteiger partial charge in [-0.1, -0.05) is 133 Å². The van der Waals surface area contributed by atoms with Crippen LogP contribution in [0.2, 0.25) is 0 Å². The van der Waals surface area contributed by atoms with E-state index in [1.807, 2.05) is 0 Å². The van der Waals surface area contributed by atoms with Gasteiger partial charge >= 0.3 is 0 Å². The zero-order chi connectivity index (χ0) is 52.4. The van der Waals surface area contributed by atoms with Crippen molar-refractivity contribution in [1.29, 1.82) is 0 Å². The molecule has 6 heteroatoms. The SMILES string of the molecule is c1ccc(N(c2ccc3cc4c(cc3c2)oc2c4ccc3c4cc5ccc(N(c6ccccc6)c6ccc7c8ccccc8n(-c8ccccc8)c7c6)cc5cc4oc32)c2ccc3c4ccccc4n(-c4ccccc4)c3c2)cc1. The minimum Gasteiger partial charge on any atom is -0.452 e. The number of hydrogen-bond donors (Lipinski definition) is 0. The topological polar surface area (TPSA) is 42.6 Å². The zero-order valence-corrected chi connectivity index (χ0v) is 43.2. The number of para-hydroxylation sites is 6. The van der Waals surface area contributed by atoms with E-state index < -0.39 is 0 Å². The molecule has 0 amide bonds. The largest absolute Gasteiger partial charge is 0.452 e. The number of aromatic nitrogens is 2. The fraction of sp³-hybridized carbons (Fsp3) is 0. The van der Waals surface area contributed by atoms with E-state index in [1.54, 1.807) is 0 Å². The van der Waals surface area contributed by atoms with Gasteiger partial charge in [0.1, 0.15) is 11.2 Å². The summed E-state index contributed by atoms with van der Waals surface area (Å²) in [5.41, 5.74) is 16.4. The highest BCUT2D eigenvalue weighted by Crippen LogP contribution is 2.46. The molecule has 0 aliphatic rings. The van der Waals surface area contributed by atoms with E-state index in [-0.39, 0.29) is 0 Å². The molecule has 17 aromatic rings. The van der Waals surface area contributed by atoms with Crippen LogP contribution < -0.4 is 9.80 Å². The van der Waals surface area contributed by atoms with Crippen molar-refractivity contribution in [2.75, 3.05) is 9.80 Å². The van der Waals surface area contributed by atoms with Crippen molar-refractivity contribution in [2.24, 2.45) is 0 Å². The van der Waals surface area contributed by atoms with Crippen molar-refractivity contribution >= 4 is 143 Å². The Kier molecular flexibility index (Phi) is 9.61. The molecule has 0 N–H and O–H groups in total. The van der Waals surface area contributed by atoms with Gasteiger partial charge in [-0.2, -0.15) is 0 Å². The molecule has 0 fully saturated rings. The Morgan fingerprint density at radius 1 is 0.225 bits per heavy atom. The van der Waals surface area contributed by atoms with Gasteiger partial charge in [0.15, 0.2) is 11.2 Å². The van der Waals surface area contributed by atoms with Crippen LogP contribution in [-0.4, -0.2) is 9.13 Å². The van der Waals surface area contributed by atoms with Crippen molar-refractivity contribution < 1.29 is 8.83 Å². The first-order valence-electron chi connectivity index (χ1n) is 27.2. The third-order valence-electron chi connectivity index (χ3n) is 16.4. The Balaban J connectivity index is 0.771.